The van der Waals surface area contributed by atoms with Gasteiger partial charge in [0.2, 0.25) is 5.91 Å². The number of carbonyl (C=O) groups excluding carboxylic acids is 2. The Morgan fingerprint density at radius 3 is 2.54 bits per heavy atom. The second-order valence-corrected chi connectivity index (χ2v) is 6.27. The van der Waals surface area contributed by atoms with Gasteiger partial charge < -0.3 is 19.5 Å². The highest BCUT2D eigenvalue weighted by Crippen LogP contribution is 2.34. The van der Waals surface area contributed by atoms with E-state index in [0.717, 1.165) is 4.88 Å². The van der Waals surface area contributed by atoms with Crippen LogP contribution in [0.15, 0.2) is 29.6 Å². The smallest absolute Gasteiger partial charge is 0.341 e. The standard InChI is InChI=1S/C18H18N2O5S/c1-11(10-19)25-18(22)13-8-15(23-2)16(24-3)9-14(13)20-17(21)7-12-5-4-6-26-12/h4-6,8-9,11H,7H2,1-3H3,(H,20,21)/t11-/m1/s1. The Morgan fingerprint density at radius 1 is 1.27 bits per heavy atom. The fourth-order valence-corrected chi connectivity index (χ4v) is 2.87. The number of methoxy groups -OCH3 is 2. The summed E-state index contributed by atoms with van der Waals surface area (Å²) >= 11 is 1.46. The molecule has 0 fully saturated rings. The molecule has 136 valence electrons. The van der Waals surface area contributed by atoms with E-state index in [1.807, 2.05) is 23.6 Å². The van der Waals surface area contributed by atoms with Crippen molar-refractivity contribution in [3.8, 4) is 17.6 Å². The number of thiophene rings is 1. The lowest BCUT2D eigenvalue weighted by atomic mass is 10.1. The Hall–Kier alpha value is -3.05. The van der Waals surface area contributed by atoms with Crippen LogP contribution in [-0.4, -0.2) is 32.2 Å². The van der Waals surface area contributed by atoms with Crippen molar-refractivity contribution in [1.29, 1.82) is 5.26 Å². The molecule has 1 amide bonds. The van der Waals surface area contributed by atoms with Crippen LogP contribution in [-0.2, 0) is 16.0 Å². The van der Waals surface area contributed by atoms with Crippen molar-refractivity contribution in [1.82, 2.24) is 0 Å². The van der Waals surface area contributed by atoms with Crippen LogP contribution in [0.2, 0.25) is 0 Å². The zero-order valence-corrected chi connectivity index (χ0v) is 15.4. The zero-order valence-electron chi connectivity index (χ0n) is 14.6. The number of esters is 1. The van der Waals surface area contributed by atoms with Crippen LogP contribution in [0.25, 0.3) is 0 Å². The van der Waals surface area contributed by atoms with E-state index < -0.39 is 12.1 Å². The van der Waals surface area contributed by atoms with E-state index >= 15 is 0 Å². The SMILES string of the molecule is COc1cc(NC(=O)Cc2cccs2)c(C(=O)O[C@H](C)C#N)cc1OC. The molecular weight excluding hydrogens is 356 g/mol. The second-order valence-electron chi connectivity index (χ2n) is 5.23. The topological polar surface area (TPSA) is 97.6 Å². The van der Waals surface area contributed by atoms with Crippen molar-refractivity contribution in [2.45, 2.75) is 19.4 Å². The first-order valence-electron chi connectivity index (χ1n) is 7.67. The molecule has 0 bridgehead atoms. The summed E-state index contributed by atoms with van der Waals surface area (Å²) in [5.41, 5.74) is 0.295. The van der Waals surface area contributed by atoms with Crippen LogP contribution in [0.3, 0.4) is 0 Å². The van der Waals surface area contributed by atoms with E-state index in [2.05, 4.69) is 5.32 Å². The number of nitrogens with zero attached hydrogens (tertiary/aromatic N) is 1. The van der Waals surface area contributed by atoms with Crippen LogP contribution >= 0.6 is 11.3 Å². The van der Waals surface area contributed by atoms with Gasteiger partial charge in [0.05, 0.1) is 31.9 Å². The average molecular weight is 374 g/mol. The van der Waals surface area contributed by atoms with E-state index in [-0.39, 0.29) is 23.6 Å². The molecule has 2 rings (SSSR count). The van der Waals surface area contributed by atoms with Gasteiger partial charge in [0, 0.05) is 17.0 Å². The lowest BCUT2D eigenvalue weighted by Gasteiger charge is -2.15. The third-order valence-electron chi connectivity index (χ3n) is 3.40. The maximum absolute atomic E-state index is 12.4. The molecule has 1 aromatic carbocycles. The number of carbonyl (C=O) groups is 2. The molecule has 0 saturated heterocycles. The molecule has 0 aliphatic heterocycles. The highest BCUT2D eigenvalue weighted by atomic mass is 32.1. The highest BCUT2D eigenvalue weighted by molar-refractivity contribution is 7.10. The number of amides is 1. The molecule has 26 heavy (non-hydrogen) atoms. The number of ether oxygens (including phenoxy) is 3. The van der Waals surface area contributed by atoms with Crippen molar-refractivity contribution in [2.24, 2.45) is 0 Å². The minimum atomic E-state index is -0.926. The summed E-state index contributed by atoms with van der Waals surface area (Å²) in [6.45, 7) is 1.45. The van der Waals surface area contributed by atoms with Crippen LogP contribution in [0, 0.1) is 11.3 Å². The van der Waals surface area contributed by atoms with Crippen LogP contribution < -0.4 is 14.8 Å². The van der Waals surface area contributed by atoms with Crippen molar-refractivity contribution in [2.75, 3.05) is 19.5 Å². The number of benzene rings is 1. The van der Waals surface area contributed by atoms with Gasteiger partial charge in [-0.25, -0.2) is 4.79 Å². The number of hydrogen-bond donors (Lipinski definition) is 1. The van der Waals surface area contributed by atoms with Gasteiger partial charge in [0.25, 0.3) is 0 Å². The summed E-state index contributed by atoms with van der Waals surface area (Å²) in [5, 5.41) is 13.4. The third-order valence-corrected chi connectivity index (χ3v) is 4.27. The first-order valence-corrected chi connectivity index (χ1v) is 8.55. The molecule has 7 nitrogen and oxygen atoms in total. The number of rotatable bonds is 7. The molecule has 0 radical (unpaired) electrons. The predicted octanol–water partition coefficient (Wildman–Crippen LogP) is 3.02. The minimum absolute atomic E-state index is 0.0734. The van der Waals surface area contributed by atoms with Gasteiger partial charge in [0.15, 0.2) is 17.6 Å². The maximum atomic E-state index is 12.4. The van der Waals surface area contributed by atoms with Crippen LogP contribution in [0.4, 0.5) is 5.69 Å². The van der Waals surface area contributed by atoms with Crippen molar-refractivity contribution >= 4 is 28.9 Å². The summed E-state index contributed by atoms with van der Waals surface area (Å²) in [5.74, 6) is -0.377. The van der Waals surface area contributed by atoms with Crippen molar-refractivity contribution in [3.63, 3.8) is 0 Å². The maximum Gasteiger partial charge on any atom is 0.341 e. The van der Waals surface area contributed by atoms with Crippen molar-refractivity contribution < 1.29 is 23.8 Å². The van der Waals surface area contributed by atoms with Crippen LogP contribution in [0.1, 0.15) is 22.2 Å². The predicted molar refractivity (Wildman–Crippen MR) is 96.7 cm³/mol. The van der Waals surface area contributed by atoms with Gasteiger partial charge in [-0.15, -0.1) is 11.3 Å². The molecule has 0 aliphatic carbocycles. The summed E-state index contributed by atoms with van der Waals surface area (Å²) in [7, 11) is 2.88. The lowest BCUT2D eigenvalue weighted by molar-refractivity contribution is -0.115. The molecule has 0 unspecified atom stereocenters. The van der Waals surface area contributed by atoms with E-state index in [9.17, 15) is 9.59 Å². The van der Waals surface area contributed by atoms with Gasteiger partial charge in [-0.05, 0) is 18.4 Å². The number of nitriles is 1. The quantitative estimate of drug-likeness (QED) is 0.748. The van der Waals surface area contributed by atoms with Crippen LogP contribution in [0.5, 0.6) is 11.5 Å². The van der Waals surface area contributed by atoms with Gasteiger partial charge in [-0.2, -0.15) is 5.26 Å². The summed E-state index contributed by atoms with van der Waals surface area (Å²) in [4.78, 5) is 25.6. The number of anilines is 1. The second kappa shape index (κ2) is 8.87. The Bertz CT molecular complexity index is 827. The van der Waals surface area contributed by atoms with Gasteiger partial charge >= 0.3 is 5.97 Å². The highest BCUT2D eigenvalue weighted by Gasteiger charge is 2.21. The summed E-state index contributed by atoms with van der Waals surface area (Å²) < 4.78 is 15.5. The molecular formula is C18H18N2O5S. The monoisotopic (exact) mass is 374 g/mol. The molecule has 0 spiro atoms. The van der Waals surface area contributed by atoms with E-state index in [1.54, 1.807) is 0 Å². The molecule has 8 heteroatoms. The molecule has 0 aliphatic rings. The Labute approximate surface area is 155 Å². The normalized spacial score (nSPS) is 11.2. The Kier molecular flexibility index (Phi) is 6.58. The minimum Gasteiger partial charge on any atom is -0.493 e. The fraction of sp³-hybridized carbons (Fsp3) is 0.278. The number of hydrogen-bond acceptors (Lipinski definition) is 7. The first-order chi connectivity index (χ1) is 12.5. The lowest BCUT2D eigenvalue weighted by Crippen LogP contribution is -2.19. The van der Waals surface area contributed by atoms with Gasteiger partial charge in [0.1, 0.15) is 6.07 Å². The molecule has 1 N–H and O–H groups in total. The van der Waals surface area contributed by atoms with E-state index in [4.69, 9.17) is 19.5 Å². The largest absolute Gasteiger partial charge is 0.493 e. The molecule has 2 aromatic rings. The molecule has 1 heterocycles. The average Bonchev–Trinajstić information content (AvgIpc) is 3.13. The van der Waals surface area contributed by atoms with E-state index in [0.29, 0.717) is 11.5 Å². The molecule has 0 saturated carbocycles. The van der Waals surface area contributed by atoms with E-state index in [1.165, 1.54) is 44.6 Å². The molecule has 1 aromatic heterocycles. The third kappa shape index (κ3) is 4.74. The fourth-order valence-electron chi connectivity index (χ4n) is 2.17. The summed E-state index contributed by atoms with van der Waals surface area (Å²) in [6.07, 6.45) is -0.750. The van der Waals surface area contributed by atoms with Gasteiger partial charge in [-0.3, -0.25) is 4.79 Å². The van der Waals surface area contributed by atoms with Gasteiger partial charge in [-0.1, -0.05) is 6.07 Å². The zero-order chi connectivity index (χ0) is 19.1. The number of nitrogens with one attached hydrogen (secondary N) is 1. The Balaban J connectivity index is 2.33. The van der Waals surface area contributed by atoms with Crippen molar-refractivity contribution in [3.05, 3.63) is 40.1 Å². The Morgan fingerprint density at radius 2 is 1.96 bits per heavy atom. The first kappa shape index (κ1) is 19.3. The molecule has 1 atom stereocenters. The summed E-state index contributed by atoms with van der Waals surface area (Å²) in [6, 6.07) is 8.42.